The second-order valence-electron chi connectivity index (χ2n) is 7.23. The number of aryl methyl sites for hydroxylation is 2. The molecule has 1 aliphatic rings. The van der Waals surface area contributed by atoms with Gasteiger partial charge in [0.1, 0.15) is 5.76 Å². The highest BCUT2D eigenvalue weighted by Gasteiger charge is 2.23. The van der Waals surface area contributed by atoms with E-state index in [4.69, 9.17) is 4.52 Å². The van der Waals surface area contributed by atoms with Gasteiger partial charge in [-0.3, -0.25) is 9.59 Å². The predicted octanol–water partition coefficient (Wildman–Crippen LogP) is 0.518. The Hall–Kier alpha value is -1.94. The molecular weight excluding hydrogens is 384 g/mol. The highest BCUT2D eigenvalue weighted by molar-refractivity contribution is 7.88. The van der Waals surface area contributed by atoms with E-state index >= 15 is 0 Å². The lowest BCUT2D eigenvalue weighted by Gasteiger charge is -2.20. The largest absolute Gasteiger partial charge is 0.361 e. The summed E-state index contributed by atoms with van der Waals surface area (Å²) < 4.78 is 30.2. The summed E-state index contributed by atoms with van der Waals surface area (Å²) >= 11 is 0. The zero-order valence-electron chi connectivity index (χ0n) is 16.8. The SMILES string of the molecule is Cc1noc(C)c1CCNC(=O)C1CCCN(S(C)(=O)=O)CCC(=O)NCC1. The molecule has 10 heteroatoms. The molecule has 0 saturated carbocycles. The van der Waals surface area contributed by atoms with Gasteiger partial charge >= 0.3 is 0 Å². The van der Waals surface area contributed by atoms with Gasteiger partial charge in [0.2, 0.25) is 21.8 Å². The summed E-state index contributed by atoms with van der Waals surface area (Å²) in [7, 11) is -3.38. The molecule has 2 amide bonds. The number of hydrogen-bond donors (Lipinski definition) is 2. The molecule has 1 fully saturated rings. The second-order valence-corrected chi connectivity index (χ2v) is 9.22. The van der Waals surface area contributed by atoms with Crippen molar-refractivity contribution in [1.29, 1.82) is 0 Å². The van der Waals surface area contributed by atoms with E-state index in [0.29, 0.717) is 45.3 Å². The van der Waals surface area contributed by atoms with E-state index < -0.39 is 10.0 Å². The molecule has 1 aromatic rings. The van der Waals surface area contributed by atoms with Crippen LogP contribution in [0.4, 0.5) is 0 Å². The van der Waals surface area contributed by atoms with Gasteiger partial charge < -0.3 is 15.2 Å². The first-order chi connectivity index (χ1) is 13.2. The van der Waals surface area contributed by atoms with E-state index in [1.54, 1.807) is 0 Å². The van der Waals surface area contributed by atoms with E-state index in [-0.39, 0.29) is 30.7 Å². The van der Waals surface area contributed by atoms with Crippen LogP contribution in [-0.4, -0.2) is 62.1 Å². The van der Waals surface area contributed by atoms with Crippen LogP contribution < -0.4 is 10.6 Å². The molecule has 2 N–H and O–H groups in total. The van der Waals surface area contributed by atoms with Gasteiger partial charge in [0, 0.05) is 44.1 Å². The van der Waals surface area contributed by atoms with Gasteiger partial charge in [0.15, 0.2) is 0 Å². The monoisotopic (exact) mass is 414 g/mol. The summed E-state index contributed by atoms with van der Waals surface area (Å²) in [5, 5.41) is 9.62. The maximum atomic E-state index is 12.6. The summed E-state index contributed by atoms with van der Waals surface area (Å²) in [6, 6.07) is 0. The highest BCUT2D eigenvalue weighted by atomic mass is 32.2. The van der Waals surface area contributed by atoms with Crippen LogP contribution in [0.1, 0.15) is 42.7 Å². The van der Waals surface area contributed by atoms with Gasteiger partial charge in [-0.15, -0.1) is 0 Å². The normalized spacial score (nSPS) is 20.2. The lowest BCUT2D eigenvalue weighted by molar-refractivity contribution is -0.126. The quantitative estimate of drug-likeness (QED) is 0.724. The zero-order chi connectivity index (χ0) is 20.7. The Bertz CT molecular complexity index is 770. The summed E-state index contributed by atoms with van der Waals surface area (Å²) in [5.74, 6) is 0.203. The topological polar surface area (TPSA) is 122 Å². The maximum Gasteiger partial charge on any atom is 0.223 e. The Labute approximate surface area is 166 Å². The molecule has 0 aromatic carbocycles. The Morgan fingerprint density at radius 2 is 2.07 bits per heavy atom. The minimum Gasteiger partial charge on any atom is -0.361 e. The number of aromatic nitrogens is 1. The molecule has 0 radical (unpaired) electrons. The smallest absolute Gasteiger partial charge is 0.223 e. The van der Waals surface area contributed by atoms with Crippen molar-refractivity contribution in [3.63, 3.8) is 0 Å². The lowest BCUT2D eigenvalue weighted by Crippen LogP contribution is -2.35. The Balaban J connectivity index is 1.92. The third-order valence-corrected chi connectivity index (χ3v) is 6.36. The molecule has 2 heterocycles. The summed E-state index contributed by atoms with van der Waals surface area (Å²) in [4.78, 5) is 24.5. The number of nitrogens with zero attached hydrogens (tertiary/aromatic N) is 2. The fourth-order valence-electron chi connectivity index (χ4n) is 3.38. The van der Waals surface area contributed by atoms with Crippen molar-refractivity contribution in [2.45, 2.75) is 46.0 Å². The molecule has 9 nitrogen and oxygen atoms in total. The highest BCUT2D eigenvalue weighted by Crippen LogP contribution is 2.15. The van der Waals surface area contributed by atoms with Crippen LogP contribution in [0.5, 0.6) is 0 Å². The minimum atomic E-state index is -3.38. The van der Waals surface area contributed by atoms with Gasteiger partial charge in [0.25, 0.3) is 0 Å². The summed E-state index contributed by atoms with van der Waals surface area (Å²) in [6.45, 7) is 5.07. The maximum absolute atomic E-state index is 12.6. The minimum absolute atomic E-state index is 0.0776. The molecule has 1 aliphatic heterocycles. The molecule has 28 heavy (non-hydrogen) atoms. The number of carbonyl (C=O) groups is 2. The predicted molar refractivity (Wildman–Crippen MR) is 104 cm³/mol. The van der Waals surface area contributed by atoms with Crippen molar-refractivity contribution in [3.8, 4) is 0 Å². The van der Waals surface area contributed by atoms with E-state index in [0.717, 1.165) is 23.3 Å². The number of rotatable bonds is 5. The Morgan fingerprint density at radius 1 is 1.32 bits per heavy atom. The number of sulfonamides is 1. The molecular formula is C18H30N4O5S. The Morgan fingerprint density at radius 3 is 2.71 bits per heavy atom. The molecule has 0 spiro atoms. The number of carbonyl (C=O) groups excluding carboxylic acids is 2. The van der Waals surface area contributed by atoms with Crippen LogP contribution in [0.2, 0.25) is 0 Å². The van der Waals surface area contributed by atoms with Crippen molar-refractivity contribution < 1.29 is 22.5 Å². The third-order valence-electron chi connectivity index (χ3n) is 5.06. The van der Waals surface area contributed by atoms with Gasteiger partial charge in [-0.25, -0.2) is 12.7 Å². The lowest BCUT2D eigenvalue weighted by atomic mass is 9.98. The number of hydrogen-bond acceptors (Lipinski definition) is 6. The van der Waals surface area contributed by atoms with Crippen LogP contribution in [0.25, 0.3) is 0 Å². The molecule has 1 aromatic heterocycles. The molecule has 0 bridgehead atoms. The molecule has 0 aliphatic carbocycles. The van der Waals surface area contributed by atoms with Gasteiger partial charge in [-0.1, -0.05) is 5.16 Å². The van der Waals surface area contributed by atoms with E-state index in [9.17, 15) is 18.0 Å². The fraction of sp³-hybridized carbons (Fsp3) is 0.722. The third kappa shape index (κ3) is 6.59. The average molecular weight is 415 g/mol. The standard InChI is InChI=1S/C18H30N4O5S/c1-13-16(14(2)27-21-13)7-10-20-18(24)15-5-4-11-22(28(3,25)26)12-8-17(23)19-9-6-15/h15H,4-12H2,1-3H3,(H,19,23)(H,20,24). The van der Waals surface area contributed by atoms with Crippen LogP contribution in [-0.2, 0) is 26.0 Å². The second kappa shape index (κ2) is 10.0. The van der Waals surface area contributed by atoms with Gasteiger partial charge in [-0.2, -0.15) is 0 Å². The van der Waals surface area contributed by atoms with Crippen LogP contribution in [0, 0.1) is 19.8 Å². The van der Waals surface area contributed by atoms with E-state index in [1.807, 2.05) is 13.8 Å². The van der Waals surface area contributed by atoms with E-state index in [1.165, 1.54) is 4.31 Å². The van der Waals surface area contributed by atoms with Gasteiger partial charge in [0.05, 0.1) is 11.9 Å². The average Bonchev–Trinajstić information content (AvgIpc) is 2.91. The molecule has 1 unspecified atom stereocenters. The first-order valence-corrected chi connectivity index (χ1v) is 11.4. The Kier molecular flexibility index (Phi) is 7.99. The van der Waals surface area contributed by atoms with Crippen LogP contribution in [0.3, 0.4) is 0 Å². The summed E-state index contributed by atoms with van der Waals surface area (Å²) in [6.07, 6.45) is 3.58. The first kappa shape index (κ1) is 22.4. The summed E-state index contributed by atoms with van der Waals surface area (Å²) in [5.41, 5.74) is 1.82. The first-order valence-electron chi connectivity index (χ1n) is 9.59. The van der Waals surface area contributed by atoms with Gasteiger partial charge in [-0.05, 0) is 39.5 Å². The molecule has 2 rings (SSSR count). The number of amides is 2. The molecule has 158 valence electrons. The molecule has 1 saturated heterocycles. The molecule has 1 atom stereocenters. The van der Waals surface area contributed by atoms with Crippen molar-refractivity contribution >= 4 is 21.8 Å². The van der Waals surface area contributed by atoms with E-state index in [2.05, 4.69) is 15.8 Å². The fourth-order valence-corrected chi connectivity index (χ4v) is 4.26. The van der Waals surface area contributed by atoms with Crippen molar-refractivity contribution in [2.75, 3.05) is 32.4 Å². The van der Waals surface area contributed by atoms with Crippen LogP contribution in [0.15, 0.2) is 4.52 Å². The number of nitrogens with one attached hydrogen (secondary N) is 2. The van der Waals surface area contributed by atoms with Crippen molar-refractivity contribution in [2.24, 2.45) is 5.92 Å². The van der Waals surface area contributed by atoms with Crippen LogP contribution >= 0.6 is 0 Å². The van der Waals surface area contributed by atoms with Crippen molar-refractivity contribution in [3.05, 3.63) is 17.0 Å². The zero-order valence-corrected chi connectivity index (χ0v) is 17.6. The van der Waals surface area contributed by atoms with Crippen molar-refractivity contribution in [1.82, 2.24) is 20.1 Å².